The third kappa shape index (κ3) is 2.95. The van der Waals surface area contributed by atoms with E-state index in [1.165, 1.54) is 0 Å². The van der Waals surface area contributed by atoms with Gasteiger partial charge in [0.2, 0.25) is 0 Å². The van der Waals surface area contributed by atoms with E-state index in [1.54, 1.807) is 12.3 Å². The summed E-state index contributed by atoms with van der Waals surface area (Å²) < 4.78 is 0. The molecule has 0 fully saturated rings. The average Bonchev–Trinajstić information content (AvgIpc) is 2.48. The molecule has 21 heavy (non-hydrogen) atoms. The summed E-state index contributed by atoms with van der Waals surface area (Å²) in [6.07, 6.45) is 3.59. The van der Waals surface area contributed by atoms with Crippen molar-refractivity contribution < 1.29 is 0 Å². The summed E-state index contributed by atoms with van der Waals surface area (Å²) in [5.41, 5.74) is 15.6. The molecule has 0 saturated heterocycles. The molecule has 5 heteroatoms. The number of rotatable bonds is 2. The van der Waals surface area contributed by atoms with E-state index in [2.05, 4.69) is 9.97 Å². The largest absolute Gasteiger partial charge is 0.384 e. The minimum Gasteiger partial charge on any atom is -0.384 e. The van der Waals surface area contributed by atoms with Crippen molar-refractivity contribution in [3.63, 3.8) is 0 Å². The third-order valence-corrected chi connectivity index (χ3v) is 3.14. The van der Waals surface area contributed by atoms with Crippen LogP contribution in [-0.2, 0) is 0 Å². The second-order valence-corrected chi connectivity index (χ2v) is 4.46. The van der Waals surface area contributed by atoms with E-state index in [9.17, 15) is 0 Å². The Balaban J connectivity index is 0.00000161. The normalized spacial score (nSPS) is 9.90. The molecule has 0 unspecified atom stereocenters. The van der Waals surface area contributed by atoms with E-state index >= 15 is 0 Å². The fraction of sp³-hybridized carbons (Fsp3) is 0. The molecule has 4 nitrogen and oxygen atoms in total. The van der Waals surface area contributed by atoms with Crippen LogP contribution in [0.3, 0.4) is 0 Å². The summed E-state index contributed by atoms with van der Waals surface area (Å²) in [6.45, 7) is 0. The van der Waals surface area contributed by atoms with Crippen LogP contribution < -0.4 is 11.5 Å². The van der Waals surface area contributed by atoms with Crippen molar-refractivity contribution in [3.05, 3.63) is 60.9 Å². The lowest BCUT2D eigenvalue weighted by atomic mass is 9.96. The Bertz CT molecular complexity index is 744. The van der Waals surface area contributed by atoms with Crippen LogP contribution in [0.25, 0.3) is 22.3 Å². The van der Waals surface area contributed by atoms with Gasteiger partial charge in [0.25, 0.3) is 0 Å². The average molecular weight is 299 g/mol. The lowest BCUT2D eigenvalue weighted by Crippen LogP contribution is -1.99. The van der Waals surface area contributed by atoms with Crippen LogP contribution in [0.2, 0.25) is 0 Å². The molecule has 0 aliphatic carbocycles. The standard InChI is InChI=1S/C16H14N4.ClH/c17-15-8-7-14(16(18)20-15)13-6-2-1-5-12(13)11-4-3-9-19-10-11;/h1-10H,(H4,17,18,20);1H. The van der Waals surface area contributed by atoms with Gasteiger partial charge >= 0.3 is 0 Å². The Morgan fingerprint density at radius 1 is 0.762 bits per heavy atom. The van der Waals surface area contributed by atoms with Gasteiger partial charge in [-0.2, -0.15) is 0 Å². The fourth-order valence-corrected chi connectivity index (χ4v) is 2.21. The van der Waals surface area contributed by atoms with Crippen LogP contribution in [0, 0.1) is 0 Å². The zero-order valence-corrected chi connectivity index (χ0v) is 12.0. The summed E-state index contributed by atoms with van der Waals surface area (Å²) in [7, 11) is 0. The highest BCUT2D eigenvalue weighted by molar-refractivity contribution is 5.87. The van der Waals surface area contributed by atoms with Gasteiger partial charge in [-0.15, -0.1) is 12.4 Å². The smallest absolute Gasteiger partial charge is 0.133 e. The van der Waals surface area contributed by atoms with Crippen molar-refractivity contribution >= 4 is 24.0 Å². The molecule has 0 amide bonds. The summed E-state index contributed by atoms with van der Waals surface area (Å²) in [4.78, 5) is 8.29. The molecule has 4 N–H and O–H groups in total. The van der Waals surface area contributed by atoms with Gasteiger partial charge in [-0.25, -0.2) is 4.98 Å². The fourth-order valence-electron chi connectivity index (χ4n) is 2.21. The predicted molar refractivity (Wildman–Crippen MR) is 89.0 cm³/mol. The van der Waals surface area contributed by atoms with Gasteiger partial charge in [-0.1, -0.05) is 30.3 Å². The van der Waals surface area contributed by atoms with Crippen molar-refractivity contribution in [2.75, 3.05) is 11.5 Å². The number of hydrogen-bond donors (Lipinski definition) is 2. The summed E-state index contributed by atoms with van der Waals surface area (Å²) in [5.74, 6) is 0.853. The van der Waals surface area contributed by atoms with Crippen molar-refractivity contribution in [2.45, 2.75) is 0 Å². The maximum absolute atomic E-state index is 5.99. The molecule has 2 heterocycles. The molecule has 1 aromatic carbocycles. The second kappa shape index (κ2) is 6.24. The number of benzene rings is 1. The predicted octanol–water partition coefficient (Wildman–Crippen LogP) is 3.40. The van der Waals surface area contributed by atoms with Gasteiger partial charge in [-0.3, -0.25) is 4.98 Å². The minimum atomic E-state index is 0. The van der Waals surface area contributed by atoms with E-state index in [-0.39, 0.29) is 12.4 Å². The van der Waals surface area contributed by atoms with Crippen LogP contribution >= 0.6 is 12.4 Å². The molecule has 0 aliphatic rings. The first kappa shape index (κ1) is 14.8. The first-order valence-corrected chi connectivity index (χ1v) is 6.27. The maximum Gasteiger partial charge on any atom is 0.133 e. The van der Waals surface area contributed by atoms with Crippen LogP contribution in [0.1, 0.15) is 0 Å². The Morgan fingerprint density at radius 3 is 2.19 bits per heavy atom. The Kier molecular flexibility index (Phi) is 4.40. The quantitative estimate of drug-likeness (QED) is 0.760. The van der Waals surface area contributed by atoms with E-state index in [0.717, 1.165) is 22.3 Å². The molecule has 3 aromatic rings. The first-order chi connectivity index (χ1) is 9.75. The maximum atomic E-state index is 5.99. The van der Waals surface area contributed by atoms with Gasteiger partial charge in [0.05, 0.1) is 0 Å². The van der Waals surface area contributed by atoms with Crippen LogP contribution in [0.5, 0.6) is 0 Å². The third-order valence-electron chi connectivity index (χ3n) is 3.14. The molecule has 0 saturated carbocycles. The number of nitrogens with zero attached hydrogens (tertiary/aromatic N) is 2. The minimum absolute atomic E-state index is 0. The molecule has 2 aromatic heterocycles. The van der Waals surface area contributed by atoms with E-state index in [4.69, 9.17) is 11.5 Å². The SMILES string of the molecule is Cl.Nc1ccc(-c2ccccc2-c2cccnc2)c(N)n1. The van der Waals surface area contributed by atoms with E-state index in [0.29, 0.717) is 11.6 Å². The summed E-state index contributed by atoms with van der Waals surface area (Å²) in [5, 5.41) is 0. The van der Waals surface area contributed by atoms with Crippen LogP contribution in [0.4, 0.5) is 11.6 Å². The van der Waals surface area contributed by atoms with E-state index < -0.39 is 0 Å². The van der Waals surface area contributed by atoms with Crippen molar-refractivity contribution in [1.29, 1.82) is 0 Å². The zero-order valence-electron chi connectivity index (χ0n) is 11.2. The first-order valence-electron chi connectivity index (χ1n) is 6.27. The molecule has 106 valence electrons. The summed E-state index contributed by atoms with van der Waals surface area (Å²) in [6, 6.07) is 15.6. The van der Waals surface area contributed by atoms with Gasteiger partial charge in [0, 0.05) is 23.5 Å². The number of halogens is 1. The van der Waals surface area contributed by atoms with E-state index in [1.807, 2.05) is 48.7 Å². The number of nitrogen functional groups attached to an aromatic ring is 2. The van der Waals surface area contributed by atoms with Crippen LogP contribution in [0.15, 0.2) is 60.9 Å². The van der Waals surface area contributed by atoms with Gasteiger partial charge in [-0.05, 0) is 29.3 Å². The molecule has 0 aliphatic heterocycles. The molecule has 0 spiro atoms. The van der Waals surface area contributed by atoms with Crippen molar-refractivity contribution in [3.8, 4) is 22.3 Å². The number of pyridine rings is 2. The Labute approximate surface area is 129 Å². The zero-order chi connectivity index (χ0) is 13.9. The highest BCUT2D eigenvalue weighted by Crippen LogP contribution is 2.34. The number of nitrogens with two attached hydrogens (primary N) is 2. The molecule has 0 bridgehead atoms. The topological polar surface area (TPSA) is 77.8 Å². The van der Waals surface area contributed by atoms with Crippen LogP contribution in [-0.4, -0.2) is 9.97 Å². The molecular weight excluding hydrogens is 284 g/mol. The molecular formula is C16H15ClN4. The Hall–Kier alpha value is -2.59. The lowest BCUT2D eigenvalue weighted by Gasteiger charge is -2.11. The monoisotopic (exact) mass is 298 g/mol. The Morgan fingerprint density at radius 2 is 1.52 bits per heavy atom. The second-order valence-electron chi connectivity index (χ2n) is 4.46. The highest BCUT2D eigenvalue weighted by Gasteiger charge is 2.10. The summed E-state index contributed by atoms with van der Waals surface area (Å²) >= 11 is 0. The van der Waals surface area contributed by atoms with Gasteiger partial charge in [0.15, 0.2) is 0 Å². The molecule has 3 rings (SSSR count). The van der Waals surface area contributed by atoms with Crippen molar-refractivity contribution in [2.24, 2.45) is 0 Å². The number of aromatic nitrogens is 2. The molecule has 0 atom stereocenters. The molecule has 0 radical (unpaired) electrons. The number of hydrogen-bond acceptors (Lipinski definition) is 4. The van der Waals surface area contributed by atoms with Gasteiger partial charge < -0.3 is 11.5 Å². The lowest BCUT2D eigenvalue weighted by molar-refractivity contribution is 1.32. The van der Waals surface area contributed by atoms with Crippen molar-refractivity contribution in [1.82, 2.24) is 9.97 Å². The number of anilines is 2. The highest BCUT2D eigenvalue weighted by atomic mass is 35.5. The van der Waals surface area contributed by atoms with Gasteiger partial charge in [0.1, 0.15) is 11.6 Å².